The van der Waals surface area contributed by atoms with E-state index in [0.717, 1.165) is 40.1 Å². The first-order valence-electron chi connectivity index (χ1n) is 8.08. The monoisotopic (exact) mass is 358 g/mol. The summed E-state index contributed by atoms with van der Waals surface area (Å²) in [6, 6.07) is 15.1. The molecule has 0 saturated heterocycles. The Kier molecular flexibility index (Phi) is 5.50. The van der Waals surface area contributed by atoms with Gasteiger partial charge >= 0.3 is 0 Å². The van der Waals surface area contributed by atoms with E-state index in [1.807, 2.05) is 48.5 Å². The number of nitrogens with one attached hydrogen (secondary N) is 1. The average molecular weight is 358 g/mol. The topological polar surface area (TPSA) is 63.1 Å². The van der Waals surface area contributed by atoms with Crippen LogP contribution in [0.2, 0.25) is 0 Å². The van der Waals surface area contributed by atoms with Crippen LogP contribution >= 0.6 is 11.8 Å². The first-order chi connectivity index (χ1) is 12.1. The molecule has 0 aromatic heterocycles. The number of hydrogen-bond donors (Lipinski definition) is 2. The molecule has 0 aliphatic carbocycles. The maximum atomic E-state index is 11.4. The highest BCUT2D eigenvalue weighted by Crippen LogP contribution is 2.28. The number of methoxy groups -OCH3 is 2. The predicted molar refractivity (Wildman–Crippen MR) is 101 cm³/mol. The molecule has 3 rings (SSSR count). The lowest BCUT2D eigenvalue weighted by molar-refractivity contribution is 0.0216. The number of nitrogens with zero attached hydrogens (tertiary/aromatic N) is 1. The van der Waals surface area contributed by atoms with Crippen LogP contribution in [0.3, 0.4) is 0 Å². The summed E-state index contributed by atoms with van der Waals surface area (Å²) in [5, 5.41) is 15.4. The van der Waals surface area contributed by atoms with Gasteiger partial charge in [-0.25, -0.2) is 0 Å². The van der Waals surface area contributed by atoms with Gasteiger partial charge in [0.2, 0.25) is 0 Å². The molecule has 5 nitrogen and oxygen atoms in total. The van der Waals surface area contributed by atoms with E-state index in [0.29, 0.717) is 6.42 Å². The van der Waals surface area contributed by atoms with Crippen LogP contribution in [0.5, 0.6) is 11.5 Å². The van der Waals surface area contributed by atoms with Gasteiger partial charge in [0.15, 0.2) is 10.9 Å². The van der Waals surface area contributed by atoms with E-state index in [1.54, 1.807) is 26.0 Å². The number of rotatable bonds is 6. The van der Waals surface area contributed by atoms with Gasteiger partial charge < -0.3 is 19.9 Å². The Labute approximate surface area is 152 Å². The lowest BCUT2D eigenvalue weighted by atomic mass is 9.95. The Balaban J connectivity index is 1.88. The van der Waals surface area contributed by atoms with Crippen LogP contribution in [0.4, 0.5) is 0 Å². The molecule has 25 heavy (non-hydrogen) atoms. The van der Waals surface area contributed by atoms with Crippen molar-refractivity contribution >= 4 is 16.9 Å². The molecular weight excluding hydrogens is 336 g/mol. The molecule has 0 saturated carbocycles. The van der Waals surface area contributed by atoms with Gasteiger partial charge in [-0.05, 0) is 29.8 Å². The molecular formula is C19H22N2O3S. The van der Waals surface area contributed by atoms with Gasteiger partial charge in [0, 0.05) is 17.7 Å². The van der Waals surface area contributed by atoms with Crippen molar-refractivity contribution in [2.75, 3.05) is 26.5 Å². The molecule has 0 bridgehead atoms. The van der Waals surface area contributed by atoms with Gasteiger partial charge in [-0.15, -0.1) is 0 Å². The maximum absolute atomic E-state index is 11.4. The third-order valence-electron chi connectivity index (χ3n) is 4.09. The summed E-state index contributed by atoms with van der Waals surface area (Å²) < 4.78 is 10.4. The number of benzene rings is 2. The second-order valence-electron chi connectivity index (χ2n) is 5.77. The quantitative estimate of drug-likeness (QED) is 0.778. The normalized spacial score (nSPS) is 16.0. The maximum Gasteiger partial charge on any atom is 0.167 e. The Morgan fingerprint density at radius 3 is 2.16 bits per heavy atom. The summed E-state index contributed by atoms with van der Waals surface area (Å²) in [5.74, 6) is 2.48. The van der Waals surface area contributed by atoms with Crippen LogP contribution in [-0.4, -0.2) is 36.8 Å². The number of aliphatic hydroxyl groups is 1. The molecule has 1 aliphatic rings. The lowest BCUT2D eigenvalue weighted by Crippen LogP contribution is -2.46. The van der Waals surface area contributed by atoms with Crippen molar-refractivity contribution in [2.45, 2.75) is 12.1 Å². The second kappa shape index (κ2) is 7.80. The molecule has 0 radical (unpaired) electrons. The predicted octanol–water partition coefficient (Wildman–Crippen LogP) is 2.78. The fraction of sp³-hybridized carbons (Fsp3) is 0.316. The van der Waals surface area contributed by atoms with Gasteiger partial charge in [0.1, 0.15) is 11.5 Å². The first kappa shape index (κ1) is 17.6. The van der Waals surface area contributed by atoms with Crippen molar-refractivity contribution in [3.05, 3.63) is 59.7 Å². The smallest absolute Gasteiger partial charge is 0.167 e. The molecule has 1 aliphatic heterocycles. The minimum Gasteiger partial charge on any atom is -0.497 e. The van der Waals surface area contributed by atoms with E-state index < -0.39 is 5.72 Å². The van der Waals surface area contributed by atoms with Crippen molar-refractivity contribution in [1.82, 2.24) is 5.32 Å². The van der Waals surface area contributed by atoms with Crippen LogP contribution < -0.4 is 14.8 Å². The summed E-state index contributed by atoms with van der Waals surface area (Å²) in [4.78, 5) is 4.41. The molecule has 1 atom stereocenters. The fourth-order valence-electron chi connectivity index (χ4n) is 2.71. The molecule has 2 aromatic carbocycles. The van der Waals surface area contributed by atoms with Crippen molar-refractivity contribution < 1.29 is 14.6 Å². The largest absolute Gasteiger partial charge is 0.497 e. The van der Waals surface area contributed by atoms with Crippen LogP contribution in [0.1, 0.15) is 11.1 Å². The molecule has 2 N–H and O–H groups in total. The van der Waals surface area contributed by atoms with E-state index >= 15 is 0 Å². The van der Waals surface area contributed by atoms with Crippen molar-refractivity contribution in [2.24, 2.45) is 4.99 Å². The van der Waals surface area contributed by atoms with Crippen LogP contribution in [0.15, 0.2) is 53.5 Å². The Morgan fingerprint density at radius 2 is 1.64 bits per heavy atom. The first-order valence-corrected chi connectivity index (χ1v) is 9.07. The highest BCUT2D eigenvalue weighted by atomic mass is 32.2. The van der Waals surface area contributed by atoms with E-state index in [-0.39, 0.29) is 0 Å². The van der Waals surface area contributed by atoms with Crippen LogP contribution in [0, 0.1) is 0 Å². The zero-order valence-corrected chi connectivity index (χ0v) is 15.2. The van der Waals surface area contributed by atoms with E-state index in [4.69, 9.17) is 9.47 Å². The molecule has 2 aromatic rings. The number of ether oxygens (including phenoxy) is 2. The molecule has 6 heteroatoms. The van der Waals surface area contributed by atoms with Gasteiger partial charge in [-0.1, -0.05) is 36.0 Å². The molecule has 1 unspecified atom stereocenters. The summed E-state index contributed by atoms with van der Waals surface area (Å²) in [5.41, 5.74) is 0.506. The summed E-state index contributed by atoms with van der Waals surface area (Å²) in [6.07, 6.45) is 0.406. The Bertz CT molecular complexity index is 731. The summed E-state index contributed by atoms with van der Waals surface area (Å²) in [7, 11) is 3.26. The molecule has 1 heterocycles. The highest BCUT2D eigenvalue weighted by molar-refractivity contribution is 8.14. The van der Waals surface area contributed by atoms with Gasteiger partial charge in [-0.2, -0.15) is 0 Å². The number of aliphatic imine (C=N–C) groups is 1. The van der Waals surface area contributed by atoms with Crippen LogP contribution in [0.25, 0.3) is 0 Å². The van der Waals surface area contributed by atoms with E-state index in [2.05, 4.69) is 10.3 Å². The van der Waals surface area contributed by atoms with Crippen molar-refractivity contribution in [3.63, 3.8) is 0 Å². The van der Waals surface area contributed by atoms with E-state index in [9.17, 15) is 5.11 Å². The zero-order valence-electron chi connectivity index (χ0n) is 14.4. The minimum absolute atomic E-state index is 0.406. The SMILES string of the molecule is COc1ccc(CC(O)(NC2=NCCS2)c2ccc(OC)cc2)cc1. The van der Waals surface area contributed by atoms with Gasteiger partial charge in [0.05, 0.1) is 20.8 Å². The Morgan fingerprint density at radius 1 is 1.04 bits per heavy atom. The number of amidine groups is 1. The van der Waals surface area contributed by atoms with Gasteiger partial charge in [-0.3, -0.25) is 4.99 Å². The lowest BCUT2D eigenvalue weighted by Gasteiger charge is -2.31. The molecule has 0 amide bonds. The molecule has 0 spiro atoms. The average Bonchev–Trinajstić information content (AvgIpc) is 3.15. The highest BCUT2D eigenvalue weighted by Gasteiger charge is 2.31. The summed E-state index contributed by atoms with van der Waals surface area (Å²) >= 11 is 1.62. The minimum atomic E-state index is -1.25. The molecule has 132 valence electrons. The summed E-state index contributed by atoms with van der Waals surface area (Å²) in [6.45, 7) is 0.772. The zero-order chi connectivity index (χ0) is 17.7. The van der Waals surface area contributed by atoms with Gasteiger partial charge in [0.25, 0.3) is 0 Å². The Hall–Kier alpha value is -2.18. The second-order valence-corrected chi connectivity index (χ2v) is 6.86. The van der Waals surface area contributed by atoms with Crippen molar-refractivity contribution in [1.29, 1.82) is 0 Å². The molecule has 0 fully saturated rings. The standard InChI is InChI=1S/C19H22N2O3S/c1-23-16-7-3-14(4-8-16)13-19(22,21-18-20-11-12-25-18)15-5-9-17(24-2)10-6-15/h3-10,22H,11-13H2,1-2H3,(H,20,21). The number of thioether (sulfide) groups is 1. The third kappa shape index (κ3) is 4.27. The number of hydrogen-bond acceptors (Lipinski definition) is 6. The van der Waals surface area contributed by atoms with Crippen LogP contribution in [-0.2, 0) is 12.1 Å². The van der Waals surface area contributed by atoms with E-state index in [1.165, 1.54) is 0 Å². The fourth-order valence-corrected chi connectivity index (χ4v) is 3.51. The third-order valence-corrected chi connectivity index (χ3v) is 4.98. The van der Waals surface area contributed by atoms with Crippen molar-refractivity contribution in [3.8, 4) is 11.5 Å².